The zero-order valence-corrected chi connectivity index (χ0v) is 10.0. The van der Waals surface area contributed by atoms with Gasteiger partial charge >= 0.3 is 0 Å². The van der Waals surface area contributed by atoms with Crippen LogP contribution < -0.4 is 5.32 Å². The van der Waals surface area contributed by atoms with Gasteiger partial charge in [-0.25, -0.2) is 0 Å². The van der Waals surface area contributed by atoms with Crippen LogP contribution in [-0.4, -0.2) is 25.8 Å². The van der Waals surface area contributed by atoms with E-state index in [4.69, 9.17) is 4.74 Å². The van der Waals surface area contributed by atoms with Gasteiger partial charge in [0, 0.05) is 6.54 Å². The van der Waals surface area contributed by atoms with Crippen molar-refractivity contribution in [3.8, 4) is 0 Å². The summed E-state index contributed by atoms with van der Waals surface area (Å²) in [5.41, 5.74) is 0. The normalized spacial score (nSPS) is 35.6. The highest BCUT2D eigenvalue weighted by atomic mass is 16.5. The van der Waals surface area contributed by atoms with Crippen molar-refractivity contribution in [1.82, 2.24) is 5.32 Å². The lowest BCUT2D eigenvalue weighted by molar-refractivity contribution is -0.0394. The first-order chi connectivity index (χ1) is 6.61. The minimum atomic E-state index is 0.350. The first kappa shape index (κ1) is 12.0. The summed E-state index contributed by atoms with van der Waals surface area (Å²) in [6, 6.07) is 0. The van der Waals surface area contributed by atoms with Gasteiger partial charge in [-0.05, 0) is 45.1 Å². The van der Waals surface area contributed by atoms with E-state index in [1.54, 1.807) is 0 Å². The van der Waals surface area contributed by atoms with Crippen molar-refractivity contribution in [3.05, 3.63) is 0 Å². The monoisotopic (exact) mass is 199 g/mol. The number of hydrogen-bond acceptors (Lipinski definition) is 2. The summed E-state index contributed by atoms with van der Waals surface area (Å²) in [5, 5.41) is 3.15. The Labute approximate surface area is 88.4 Å². The molecule has 0 heterocycles. The summed E-state index contributed by atoms with van der Waals surface area (Å²) in [6.07, 6.45) is 4.72. The van der Waals surface area contributed by atoms with Gasteiger partial charge in [-0.15, -0.1) is 0 Å². The Morgan fingerprint density at radius 3 is 2.29 bits per heavy atom. The molecule has 0 aromatic carbocycles. The van der Waals surface area contributed by atoms with Crippen molar-refractivity contribution < 1.29 is 4.74 Å². The summed E-state index contributed by atoms with van der Waals surface area (Å²) in [6.45, 7) is 7.79. The Hall–Kier alpha value is -0.0800. The Kier molecular flexibility index (Phi) is 4.90. The third-order valence-electron chi connectivity index (χ3n) is 3.05. The summed E-state index contributed by atoms with van der Waals surface area (Å²) < 4.78 is 6.01. The van der Waals surface area contributed by atoms with Crippen LogP contribution in [0.4, 0.5) is 0 Å². The Morgan fingerprint density at radius 1 is 1.21 bits per heavy atom. The molecule has 0 aliphatic heterocycles. The molecule has 0 aromatic rings. The Balaban J connectivity index is 2.29. The lowest BCUT2D eigenvalue weighted by Gasteiger charge is -2.33. The summed E-state index contributed by atoms with van der Waals surface area (Å²) in [5.74, 6) is 1.68. The van der Waals surface area contributed by atoms with Gasteiger partial charge in [0.15, 0.2) is 0 Å². The second kappa shape index (κ2) is 5.72. The van der Waals surface area contributed by atoms with Gasteiger partial charge in [0.25, 0.3) is 0 Å². The highest BCUT2D eigenvalue weighted by Crippen LogP contribution is 2.30. The molecule has 1 aliphatic carbocycles. The molecule has 1 rings (SSSR count). The van der Waals surface area contributed by atoms with E-state index < -0.39 is 0 Å². The van der Waals surface area contributed by atoms with Crippen LogP contribution in [0.2, 0.25) is 0 Å². The maximum Gasteiger partial charge on any atom is 0.0675 e. The van der Waals surface area contributed by atoms with Gasteiger partial charge in [-0.3, -0.25) is 0 Å². The SMILES string of the molecule is CNCC(C)OC1CC(C)CC(C)C1. The molecule has 1 fully saturated rings. The van der Waals surface area contributed by atoms with Gasteiger partial charge in [-0.1, -0.05) is 13.8 Å². The van der Waals surface area contributed by atoms with Gasteiger partial charge in [0.1, 0.15) is 0 Å². The first-order valence-electron chi connectivity index (χ1n) is 5.91. The predicted octanol–water partition coefficient (Wildman–Crippen LogP) is 2.44. The van der Waals surface area contributed by atoms with Gasteiger partial charge in [0.2, 0.25) is 0 Å². The van der Waals surface area contributed by atoms with Crippen molar-refractivity contribution in [3.63, 3.8) is 0 Å². The van der Waals surface area contributed by atoms with E-state index >= 15 is 0 Å². The molecule has 0 aromatic heterocycles. The van der Waals surface area contributed by atoms with E-state index in [-0.39, 0.29) is 0 Å². The largest absolute Gasteiger partial charge is 0.374 e. The highest BCUT2D eigenvalue weighted by Gasteiger charge is 2.25. The summed E-state index contributed by atoms with van der Waals surface area (Å²) >= 11 is 0. The smallest absolute Gasteiger partial charge is 0.0675 e. The van der Waals surface area contributed by atoms with E-state index in [0.717, 1.165) is 18.4 Å². The van der Waals surface area contributed by atoms with Crippen LogP contribution in [0.25, 0.3) is 0 Å². The minimum Gasteiger partial charge on any atom is -0.374 e. The quantitative estimate of drug-likeness (QED) is 0.751. The molecule has 14 heavy (non-hydrogen) atoms. The van der Waals surface area contributed by atoms with E-state index in [0.29, 0.717) is 12.2 Å². The fourth-order valence-corrected chi connectivity index (χ4v) is 2.65. The van der Waals surface area contributed by atoms with Crippen molar-refractivity contribution in [2.24, 2.45) is 11.8 Å². The standard InChI is InChI=1S/C12H25NO/c1-9-5-10(2)7-12(6-9)14-11(3)8-13-4/h9-13H,5-8H2,1-4H3. The van der Waals surface area contributed by atoms with Crippen molar-refractivity contribution in [2.75, 3.05) is 13.6 Å². The Morgan fingerprint density at radius 2 is 1.79 bits per heavy atom. The molecule has 1 aliphatic rings. The first-order valence-corrected chi connectivity index (χ1v) is 5.91. The van der Waals surface area contributed by atoms with Gasteiger partial charge in [-0.2, -0.15) is 0 Å². The molecule has 0 saturated heterocycles. The van der Waals surface area contributed by atoms with Crippen LogP contribution in [0.1, 0.15) is 40.0 Å². The molecule has 3 atom stereocenters. The average molecular weight is 199 g/mol. The fourth-order valence-electron chi connectivity index (χ4n) is 2.65. The number of hydrogen-bond donors (Lipinski definition) is 1. The van der Waals surface area contributed by atoms with Crippen LogP contribution >= 0.6 is 0 Å². The zero-order chi connectivity index (χ0) is 10.6. The molecule has 84 valence electrons. The molecular weight excluding hydrogens is 174 g/mol. The molecule has 2 nitrogen and oxygen atoms in total. The van der Waals surface area contributed by atoms with Gasteiger partial charge < -0.3 is 10.1 Å². The Bertz CT molecular complexity index is 150. The second-order valence-corrected chi connectivity index (χ2v) is 5.04. The topological polar surface area (TPSA) is 21.3 Å². The number of nitrogens with one attached hydrogen (secondary N) is 1. The lowest BCUT2D eigenvalue weighted by Crippen LogP contribution is -2.33. The summed E-state index contributed by atoms with van der Waals surface area (Å²) in [4.78, 5) is 0. The van der Waals surface area contributed by atoms with Gasteiger partial charge in [0.05, 0.1) is 12.2 Å². The maximum absolute atomic E-state index is 6.01. The molecule has 0 spiro atoms. The molecule has 2 heteroatoms. The van der Waals surface area contributed by atoms with Crippen LogP contribution in [-0.2, 0) is 4.74 Å². The van der Waals surface area contributed by atoms with Crippen LogP contribution in [0.15, 0.2) is 0 Å². The van der Waals surface area contributed by atoms with E-state index in [2.05, 4.69) is 26.1 Å². The number of likely N-dealkylation sites (N-methyl/N-ethyl adjacent to an activating group) is 1. The lowest BCUT2D eigenvalue weighted by atomic mass is 9.82. The predicted molar refractivity (Wildman–Crippen MR) is 60.4 cm³/mol. The zero-order valence-electron chi connectivity index (χ0n) is 10.0. The van der Waals surface area contributed by atoms with Crippen molar-refractivity contribution in [2.45, 2.75) is 52.2 Å². The second-order valence-electron chi connectivity index (χ2n) is 5.04. The molecule has 1 saturated carbocycles. The van der Waals surface area contributed by atoms with Crippen molar-refractivity contribution in [1.29, 1.82) is 0 Å². The highest BCUT2D eigenvalue weighted by molar-refractivity contribution is 4.76. The number of ether oxygens (including phenoxy) is 1. The molecule has 0 amide bonds. The molecular formula is C12H25NO. The maximum atomic E-state index is 6.01. The molecule has 1 N–H and O–H groups in total. The van der Waals surface area contributed by atoms with Crippen LogP contribution in [0.5, 0.6) is 0 Å². The average Bonchev–Trinajstić information content (AvgIpc) is 2.01. The fraction of sp³-hybridized carbons (Fsp3) is 1.00. The van der Waals surface area contributed by atoms with E-state index in [9.17, 15) is 0 Å². The van der Waals surface area contributed by atoms with E-state index in [1.807, 2.05) is 7.05 Å². The van der Waals surface area contributed by atoms with Crippen LogP contribution in [0.3, 0.4) is 0 Å². The van der Waals surface area contributed by atoms with Crippen molar-refractivity contribution >= 4 is 0 Å². The number of rotatable bonds is 4. The summed E-state index contributed by atoms with van der Waals surface area (Å²) in [7, 11) is 1.98. The molecule has 0 radical (unpaired) electrons. The molecule has 0 bridgehead atoms. The third-order valence-corrected chi connectivity index (χ3v) is 3.05. The molecule has 3 unspecified atom stereocenters. The van der Waals surface area contributed by atoms with E-state index in [1.165, 1.54) is 19.3 Å². The third kappa shape index (κ3) is 3.97. The van der Waals surface area contributed by atoms with Crippen LogP contribution in [0, 0.1) is 11.8 Å². The minimum absolute atomic E-state index is 0.350.